The van der Waals surface area contributed by atoms with Crippen LogP contribution in [0.3, 0.4) is 0 Å². The molecule has 0 radical (unpaired) electrons. The fourth-order valence-corrected chi connectivity index (χ4v) is 1.75. The molecule has 3 nitrogen and oxygen atoms in total. The summed E-state index contributed by atoms with van der Waals surface area (Å²) < 4.78 is 5.08. The van der Waals surface area contributed by atoms with E-state index < -0.39 is 0 Å². The maximum atomic E-state index is 8.96. The first-order chi connectivity index (χ1) is 5.69. The van der Waals surface area contributed by atoms with E-state index in [1.165, 1.54) is 0 Å². The van der Waals surface area contributed by atoms with Gasteiger partial charge in [0.05, 0.1) is 13.2 Å². The van der Waals surface area contributed by atoms with Crippen LogP contribution in [0.15, 0.2) is 12.3 Å². The van der Waals surface area contributed by atoms with E-state index in [0.717, 1.165) is 18.7 Å². The zero-order valence-corrected chi connectivity index (χ0v) is 7.79. The second kappa shape index (κ2) is 3.92. The van der Waals surface area contributed by atoms with Crippen LogP contribution in [0.1, 0.15) is 6.42 Å². The van der Waals surface area contributed by atoms with Gasteiger partial charge in [-0.05, 0) is 19.4 Å². The molecule has 1 saturated heterocycles. The predicted octanol–water partition coefficient (Wildman–Crippen LogP) is 0.459. The summed E-state index contributed by atoms with van der Waals surface area (Å²) in [6, 6.07) is 0.284. The van der Waals surface area contributed by atoms with Crippen LogP contribution in [0.5, 0.6) is 0 Å². The van der Waals surface area contributed by atoms with Gasteiger partial charge in [0.1, 0.15) is 5.76 Å². The third-order valence-electron chi connectivity index (χ3n) is 2.53. The van der Waals surface area contributed by atoms with Crippen LogP contribution in [0.4, 0.5) is 0 Å². The maximum absolute atomic E-state index is 8.96. The summed E-state index contributed by atoms with van der Waals surface area (Å²) in [5, 5.41) is 8.96. The molecule has 0 bridgehead atoms. The number of ether oxygens (including phenoxy) is 1. The molecule has 0 amide bonds. The van der Waals surface area contributed by atoms with Crippen LogP contribution >= 0.6 is 0 Å². The Hall–Kier alpha value is -0.540. The van der Waals surface area contributed by atoms with E-state index >= 15 is 0 Å². The fraction of sp³-hybridized carbons (Fsp3) is 0.778. The molecule has 70 valence electrons. The third-order valence-corrected chi connectivity index (χ3v) is 2.53. The summed E-state index contributed by atoms with van der Waals surface area (Å²) in [5.74, 6) is 1.18. The summed E-state index contributed by atoms with van der Waals surface area (Å²) in [5.41, 5.74) is 0. The van der Waals surface area contributed by atoms with Gasteiger partial charge in [0.15, 0.2) is 0 Å². The molecular formula is C9H17NO2. The molecule has 1 N–H and O–H groups in total. The Morgan fingerprint density at radius 1 is 1.75 bits per heavy atom. The highest BCUT2D eigenvalue weighted by Crippen LogP contribution is 2.25. The van der Waals surface area contributed by atoms with Crippen molar-refractivity contribution < 1.29 is 9.84 Å². The van der Waals surface area contributed by atoms with Crippen molar-refractivity contribution >= 4 is 0 Å². The molecule has 1 aliphatic rings. The standard InChI is InChI=1S/C9H17NO2/c1-7(12-3)9-4-8(6-11)5-10(9)2/h8-9,11H,1,4-6H2,2-3H3. The van der Waals surface area contributed by atoms with E-state index in [4.69, 9.17) is 9.84 Å². The zero-order valence-electron chi connectivity index (χ0n) is 7.79. The second-order valence-electron chi connectivity index (χ2n) is 3.41. The Kier molecular flexibility index (Phi) is 3.12. The van der Waals surface area contributed by atoms with Gasteiger partial charge in [-0.25, -0.2) is 0 Å². The van der Waals surface area contributed by atoms with Crippen molar-refractivity contribution in [2.45, 2.75) is 12.5 Å². The van der Waals surface area contributed by atoms with Gasteiger partial charge >= 0.3 is 0 Å². The molecule has 0 aliphatic carbocycles. The molecule has 1 fully saturated rings. The maximum Gasteiger partial charge on any atom is 0.105 e. The number of methoxy groups -OCH3 is 1. The van der Waals surface area contributed by atoms with Gasteiger partial charge in [-0.15, -0.1) is 0 Å². The van der Waals surface area contributed by atoms with Crippen molar-refractivity contribution in [3.05, 3.63) is 12.3 Å². The van der Waals surface area contributed by atoms with E-state index in [1.807, 2.05) is 7.05 Å². The number of likely N-dealkylation sites (N-methyl/N-ethyl adjacent to an activating group) is 1. The van der Waals surface area contributed by atoms with Crippen LogP contribution in [0.25, 0.3) is 0 Å². The molecule has 2 unspecified atom stereocenters. The van der Waals surface area contributed by atoms with Gasteiger partial charge in [-0.2, -0.15) is 0 Å². The smallest absolute Gasteiger partial charge is 0.105 e. The first kappa shape index (κ1) is 9.55. The number of hydrogen-bond donors (Lipinski definition) is 1. The normalized spacial score (nSPS) is 30.6. The SMILES string of the molecule is C=C(OC)C1CC(CO)CN1C. The van der Waals surface area contributed by atoms with Crippen molar-refractivity contribution in [2.24, 2.45) is 5.92 Å². The van der Waals surface area contributed by atoms with E-state index in [0.29, 0.717) is 5.92 Å². The van der Waals surface area contributed by atoms with E-state index in [1.54, 1.807) is 7.11 Å². The number of hydrogen-bond acceptors (Lipinski definition) is 3. The Bertz CT molecular complexity index is 170. The van der Waals surface area contributed by atoms with Crippen LogP contribution in [0.2, 0.25) is 0 Å². The average Bonchev–Trinajstić information content (AvgIpc) is 2.45. The van der Waals surface area contributed by atoms with Gasteiger partial charge in [-0.3, -0.25) is 4.90 Å². The predicted molar refractivity (Wildman–Crippen MR) is 47.8 cm³/mol. The number of rotatable bonds is 3. The number of aliphatic hydroxyl groups is 1. The molecule has 2 atom stereocenters. The molecule has 0 spiro atoms. The molecule has 0 aromatic heterocycles. The Morgan fingerprint density at radius 2 is 2.42 bits per heavy atom. The molecule has 0 saturated carbocycles. The van der Waals surface area contributed by atoms with Crippen LogP contribution in [-0.4, -0.2) is 43.4 Å². The second-order valence-corrected chi connectivity index (χ2v) is 3.41. The summed E-state index contributed by atoms with van der Waals surface area (Å²) >= 11 is 0. The van der Waals surface area contributed by atoms with E-state index in [-0.39, 0.29) is 12.6 Å². The lowest BCUT2D eigenvalue weighted by Gasteiger charge is -2.19. The van der Waals surface area contributed by atoms with E-state index in [2.05, 4.69) is 11.5 Å². The zero-order chi connectivity index (χ0) is 9.14. The molecule has 12 heavy (non-hydrogen) atoms. The van der Waals surface area contributed by atoms with Gasteiger partial charge in [0.2, 0.25) is 0 Å². The van der Waals surface area contributed by atoms with Gasteiger partial charge in [0.25, 0.3) is 0 Å². The lowest BCUT2D eigenvalue weighted by molar-refractivity contribution is 0.206. The van der Waals surface area contributed by atoms with Crippen LogP contribution in [0, 0.1) is 5.92 Å². The molecule has 0 aromatic carbocycles. The van der Waals surface area contributed by atoms with Crippen molar-refractivity contribution in [2.75, 3.05) is 27.3 Å². The molecule has 1 aliphatic heterocycles. The highest BCUT2D eigenvalue weighted by Gasteiger charge is 2.31. The number of nitrogens with zero attached hydrogens (tertiary/aromatic N) is 1. The van der Waals surface area contributed by atoms with Gasteiger partial charge < -0.3 is 9.84 Å². The third kappa shape index (κ3) is 1.79. The largest absolute Gasteiger partial charge is 0.500 e. The van der Waals surface area contributed by atoms with Crippen molar-refractivity contribution in [3.8, 4) is 0 Å². The van der Waals surface area contributed by atoms with Crippen LogP contribution < -0.4 is 0 Å². The van der Waals surface area contributed by atoms with Crippen molar-refractivity contribution in [1.82, 2.24) is 4.90 Å². The summed E-state index contributed by atoms with van der Waals surface area (Å²) in [7, 11) is 3.67. The Labute approximate surface area is 73.6 Å². The summed E-state index contributed by atoms with van der Waals surface area (Å²) in [6.07, 6.45) is 0.958. The monoisotopic (exact) mass is 171 g/mol. The highest BCUT2D eigenvalue weighted by atomic mass is 16.5. The molecule has 1 rings (SSSR count). The Balaban J connectivity index is 2.51. The number of likely N-dealkylation sites (tertiary alicyclic amines) is 1. The van der Waals surface area contributed by atoms with Gasteiger partial charge in [-0.1, -0.05) is 6.58 Å². The first-order valence-corrected chi connectivity index (χ1v) is 4.23. The minimum Gasteiger partial charge on any atom is -0.500 e. The first-order valence-electron chi connectivity index (χ1n) is 4.23. The lowest BCUT2D eigenvalue weighted by atomic mass is 10.1. The molecule has 0 aromatic rings. The van der Waals surface area contributed by atoms with Crippen molar-refractivity contribution in [3.63, 3.8) is 0 Å². The van der Waals surface area contributed by atoms with Gasteiger partial charge in [0, 0.05) is 13.2 Å². The molecule has 1 heterocycles. The topological polar surface area (TPSA) is 32.7 Å². The lowest BCUT2D eigenvalue weighted by Crippen LogP contribution is -2.27. The summed E-state index contributed by atoms with van der Waals surface area (Å²) in [4.78, 5) is 2.17. The minimum atomic E-state index is 0.262. The van der Waals surface area contributed by atoms with Crippen molar-refractivity contribution in [1.29, 1.82) is 0 Å². The average molecular weight is 171 g/mol. The molecular weight excluding hydrogens is 154 g/mol. The molecule has 3 heteroatoms. The number of aliphatic hydroxyl groups excluding tert-OH is 1. The van der Waals surface area contributed by atoms with E-state index in [9.17, 15) is 0 Å². The summed E-state index contributed by atoms with van der Waals surface area (Å²) in [6.45, 7) is 5.02. The Morgan fingerprint density at radius 3 is 2.83 bits per heavy atom. The fourth-order valence-electron chi connectivity index (χ4n) is 1.75. The minimum absolute atomic E-state index is 0.262. The quantitative estimate of drug-likeness (QED) is 0.626. The highest BCUT2D eigenvalue weighted by molar-refractivity contribution is 5.02. The van der Waals surface area contributed by atoms with Crippen LogP contribution in [-0.2, 0) is 4.74 Å².